The van der Waals surface area contributed by atoms with Gasteiger partial charge in [0.1, 0.15) is 11.5 Å². The largest absolute Gasteiger partial charge is 2.00 e. The summed E-state index contributed by atoms with van der Waals surface area (Å²) in [6.07, 6.45) is 4.60. The molecule has 0 aliphatic carbocycles. The van der Waals surface area contributed by atoms with Gasteiger partial charge in [-0.15, -0.1) is 13.1 Å². The van der Waals surface area contributed by atoms with Gasteiger partial charge in [0.25, 0.3) is 0 Å². The molecular formula is C12H18Cu2N5O3. The summed E-state index contributed by atoms with van der Waals surface area (Å²) in [4.78, 5) is 0. The van der Waals surface area contributed by atoms with Gasteiger partial charge >= 0.3 is 34.1 Å². The molecule has 10 heteroatoms. The summed E-state index contributed by atoms with van der Waals surface area (Å²) in [5, 5.41) is 23.3. The fourth-order valence-electron chi connectivity index (χ4n) is 2.11. The molecule has 1 aromatic carbocycles. The van der Waals surface area contributed by atoms with Crippen LogP contribution in [0.2, 0.25) is 0 Å². The minimum atomic E-state index is 0. The number of nitrogens with two attached hydrogens (primary N) is 1. The van der Waals surface area contributed by atoms with Gasteiger partial charge in [-0.1, -0.05) is 12.5 Å². The maximum absolute atomic E-state index is 10.0. The fraction of sp³-hybridized carbons (Fsp3) is 0.333. The Balaban J connectivity index is 0. The van der Waals surface area contributed by atoms with E-state index in [1.54, 1.807) is 16.2 Å². The number of hydrogen-bond donors (Lipinski definition) is 2. The summed E-state index contributed by atoms with van der Waals surface area (Å²) in [7, 11) is 0. The Bertz CT molecular complexity index is 498. The van der Waals surface area contributed by atoms with Crippen molar-refractivity contribution in [2.45, 2.75) is 6.42 Å². The Labute approximate surface area is 150 Å². The van der Waals surface area contributed by atoms with Gasteiger partial charge in [0.05, 0.1) is 11.4 Å². The molecular weight excluding hydrogens is 389 g/mol. The van der Waals surface area contributed by atoms with E-state index in [0.717, 1.165) is 19.5 Å². The molecule has 1 fully saturated rings. The normalized spacial score (nSPS) is 15.5. The molecule has 0 bridgehead atoms. The van der Waals surface area contributed by atoms with Crippen molar-refractivity contribution >= 4 is 11.4 Å². The van der Waals surface area contributed by atoms with Crippen molar-refractivity contribution in [3.63, 3.8) is 0 Å². The van der Waals surface area contributed by atoms with Crippen LogP contribution in [0.4, 0.5) is 11.4 Å². The van der Waals surface area contributed by atoms with Crippen molar-refractivity contribution in [1.29, 1.82) is 0 Å². The van der Waals surface area contributed by atoms with Gasteiger partial charge in [-0.2, -0.15) is 0 Å². The van der Waals surface area contributed by atoms with Gasteiger partial charge in [-0.25, -0.2) is 0 Å². The quantitative estimate of drug-likeness (QED) is 0.572. The van der Waals surface area contributed by atoms with Gasteiger partial charge in [-0.05, 0) is 12.7 Å². The summed E-state index contributed by atoms with van der Waals surface area (Å²) in [5.74, 6) is 0.184. The predicted octanol–water partition coefficient (Wildman–Crippen LogP) is 2.11. The molecule has 131 valence electrons. The Kier molecular flexibility index (Phi) is 10.5. The van der Waals surface area contributed by atoms with E-state index in [1.165, 1.54) is 12.1 Å². The summed E-state index contributed by atoms with van der Waals surface area (Å²) >= 11 is 0. The van der Waals surface area contributed by atoms with Crippen LogP contribution in [0.3, 0.4) is 0 Å². The van der Waals surface area contributed by atoms with Crippen LogP contribution < -0.4 is 10.0 Å². The zero-order chi connectivity index (χ0) is 12.5. The van der Waals surface area contributed by atoms with E-state index in [4.69, 9.17) is 0 Å². The average molecular weight is 407 g/mol. The molecule has 3 rings (SSSR count). The number of phenolic OH excluding ortho intramolecular Hbond substituents is 2. The first kappa shape index (κ1) is 23.3. The van der Waals surface area contributed by atoms with E-state index in [-0.39, 0.29) is 57.3 Å². The number of anilines is 2. The molecule has 0 atom stereocenters. The minimum Gasteiger partial charge on any atom is -0.693 e. The molecule has 0 unspecified atom stereocenters. The molecule has 0 aromatic heterocycles. The molecule has 0 spiro atoms. The van der Waals surface area contributed by atoms with E-state index in [9.17, 15) is 10.2 Å². The molecule has 2 aliphatic heterocycles. The number of aromatic hydroxyl groups is 2. The minimum absolute atomic E-state index is 0. The van der Waals surface area contributed by atoms with Crippen LogP contribution >= 0.6 is 0 Å². The van der Waals surface area contributed by atoms with E-state index in [0.29, 0.717) is 17.9 Å². The van der Waals surface area contributed by atoms with E-state index in [1.807, 2.05) is 6.08 Å². The van der Waals surface area contributed by atoms with Crippen LogP contribution in [-0.2, 0) is 34.1 Å². The Morgan fingerprint density at radius 2 is 1.68 bits per heavy atom. The summed E-state index contributed by atoms with van der Waals surface area (Å²) in [6.45, 7) is 2.11. The standard InChI is InChI=1S/C12H14N4O2.2Cu.H2N.H2O/c17-11-8-10(16-6-2-4-14-16)12(18)7-9(11)15-5-1-3-13-15;;;;/h1,5,7-8,17-18H,2-4,6H2;;;2*1H2/q-2;+1;+2;-1;. The SMILES string of the molecule is O.Oc1cc(N2CCC[N-]2)c(O)cc1N1C=CC[N-]1.[Cu+2].[Cu+].[NH2-]. The van der Waals surface area contributed by atoms with Crippen molar-refractivity contribution in [1.82, 2.24) is 0 Å². The van der Waals surface area contributed by atoms with E-state index in [2.05, 4.69) is 10.9 Å². The zero-order valence-corrected chi connectivity index (χ0v) is 13.4. The van der Waals surface area contributed by atoms with E-state index < -0.39 is 0 Å². The molecule has 0 amide bonds. The van der Waals surface area contributed by atoms with Gasteiger partial charge in [-0.3, -0.25) is 0 Å². The number of hydrogen-bond acceptors (Lipinski definition) is 4. The Morgan fingerprint density at radius 1 is 1.05 bits per heavy atom. The van der Waals surface area contributed by atoms with Crippen LogP contribution in [0.1, 0.15) is 6.42 Å². The summed E-state index contributed by atoms with van der Waals surface area (Å²) < 4.78 is 0. The Hall–Kier alpha value is -0.961. The number of nitrogens with zero attached hydrogens (tertiary/aromatic N) is 4. The third kappa shape index (κ3) is 4.52. The summed E-state index contributed by atoms with van der Waals surface area (Å²) in [6, 6.07) is 3.04. The second-order valence-electron chi connectivity index (χ2n) is 4.22. The maximum Gasteiger partial charge on any atom is 2.00 e. The summed E-state index contributed by atoms with van der Waals surface area (Å²) in [5.41, 5.74) is 9.41. The molecule has 1 saturated heterocycles. The second-order valence-corrected chi connectivity index (χ2v) is 4.22. The topological polar surface area (TPSA) is 140 Å². The van der Waals surface area contributed by atoms with Gasteiger partial charge in [0.15, 0.2) is 0 Å². The van der Waals surface area contributed by atoms with Crippen LogP contribution in [0.5, 0.6) is 11.5 Å². The number of benzene rings is 1. The third-order valence-electron chi connectivity index (χ3n) is 2.98. The average Bonchev–Trinajstić information content (AvgIpc) is 3.02. The maximum atomic E-state index is 10.0. The first-order valence-electron chi connectivity index (χ1n) is 5.90. The molecule has 1 aromatic rings. The fourth-order valence-corrected chi connectivity index (χ4v) is 2.11. The monoisotopic (exact) mass is 406 g/mol. The molecule has 6 N–H and O–H groups in total. The Morgan fingerprint density at radius 3 is 2.23 bits per heavy atom. The van der Waals surface area contributed by atoms with E-state index >= 15 is 0 Å². The molecule has 0 saturated carbocycles. The van der Waals surface area contributed by atoms with Gasteiger partial charge < -0.3 is 42.7 Å². The first-order valence-corrected chi connectivity index (χ1v) is 5.90. The molecule has 8 nitrogen and oxygen atoms in total. The molecule has 2 heterocycles. The third-order valence-corrected chi connectivity index (χ3v) is 2.98. The molecule has 22 heavy (non-hydrogen) atoms. The number of rotatable bonds is 2. The van der Waals surface area contributed by atoms with Gasteiger partial charge in [0, 0.05) is 12.1 Å². The molecule has 1 radical (unpaired) electrons. The van der Waals surface area contributed by atoms with Gasteiger partial charge in [0.2, 0.25) is 0 Å². The molecule has 2 aliphatic rings. The van der Waals surface area contributed by atoms with Crippen molar-refractivity contribution in [3.8, 4) is 11.5 Å². The predicted molar refractivity (Wildman–Crippen MR) is 78.7 cm³/mol. The van der Waals surface area contributed by atoms with Crippen molar-refractivity contribution < 1.29 is 49.8 Å². The van der Waals surface area contributed by atoms with Crippen molar-refractivity contribution in [2.75, 3.05) is 29.7 Å². The van der Waals surface area contributed by atoms with Crippen LogP contribution in [-0.4, -0.2) is 35.3 Å². The smallest absolute Gasteiger partial charge is 0.693 e. The van der Waals surface area contributed by atoms with Crippen LogP contribution in [0, 0.1) is 0 Å². The van der Waals surface area contributed by atoms with Crippen LogP contribution in [0.25, 0.3) is 17.0 Å². The number of phenols is 2. The van der Waals surface area contributed by atoms with Crippen LogP contribution in [0.15, 0.2) is 24.4 Å². The van der Waals surface area contributed by atoms with Crippen molar-refractivity contribution in [2.24, 2.45) is 0 Å². The first-order chi connectivity index (χ1) is 8.75. The zero-order valence-electron chi connectivity index (χ0n) is 11.5. The second kappa shape index (κ2) is 9.94. The van der Waals surface area contributed by atoms with Crippen molar-refractivity contribution in [3.05, 3.63) is 41.4 Å².